The number of nitrogens with zero attached hydrogens (tertiary/aromatic N) is 2. The zero-order valence-corrected chi connectivity index (χ0v) is 36.5. The van der Waals surface area contributed by atoms with Gasteiger partial charge in [0.05, 0.1) is 51.7 Å². The molecule has 0 aliphatic heterocycles. The van der Waals surface area contributed by atoms with Crippen molar-refractivity contribution in [2.24, 2.45) is 5.73 Å². The molecule has 75 heavy (non-hydrogen) atoms. The van der Waals surface area contributed by atoms with Crippen LogP contribution in [0.2, 0.25) is 0 Å². The van der Waals surface area contributed by atoms with Crippen LogP contribution in [0.4, 0.5) is 73.1 Å². The van der Waals surface area contributed by atoms with E-state index in [9.17, 15) is 71.9 Å². The first kappa shape index (κ1) is 48.2. The van der Waals surface area contributed by atoms with Crippen molar-refractivity contribution in [3.8, 4) is 46.0 Å². The number of hydrogen-bond acceptors (Lipinski definition) is 13. The molecule has 6 aromatic rings. The van der Waals surface area contributed by atoms with Crippen LogP contribution in [0.1, 0.15) is 60.8 Å². The van der Waals surface area contributed by atoms with Crippen molar-refractivity contribution in [2.75, 3.05) is 31.8 Å². The zero-order chi connectivity index (χ0) is 60.8. The highest BCUT2D eigenvalue weighted by Gasteiger charge is 2.40. The lowest BCUT2D eigenvalue weighted by atomic mass is 10.1. The third kappa shape index (κ3) is 15.0. The molecule has 3 amide bonds. The summed E-state index contributed by atoms with van der Waals surface area (Å²) in [5, 5.41) is 4.02. The number of esters is 1. The molecule has 0 aliphatic rings. The molecular formula is C45H29F14N5O11. The van der Waals surface area contributed by atoms with Crippen molar-refractivity contribution in [1.82, 2.24) is 9.97 Å². The lowest BCUT2D eigenvalue weighted by molar-refractivity contribution is -0.275. The summed E-state index contributed by atoms with van der Waals surface area (Å²) in [5.41, 5.74) is -1.52. The molecule has 0 radical (unpaired) electrons. The number of carbonyl (C=O) groups is 4. The van der Waals surface area contributed by atoms with Crippen LogP contribution >= 0.6 is 0 Å². The number of methoxy groups -OCH3 is 3. The second kappa shape index (κ2) is 22.7. The van der Waals surface area contributed by atoms with E-state index >= 15 is 8.78 Å². The Labute approximate surface area is 418 Å². The van der Waals surface area contributed by atoms with Gasteiger partial charge in [-0.15, -0.1) is 26.3 Å². The van der Waals surface area contributed by atoms with Gasteiger partial charge in [0.2, 0.25) is 5.91 Å². The molecule has 0 unspecified atom stereocenters. The number of aromatic nitrogens is 2. The van der Waals surface area contributed by atoms with Gasteiger partial charge in [-0.25, -0.2) is 23.5 Å². The fraction of sp³-hybridized carbons (Fsp3) is 0.156. The van der Waals surface area contributed by atoms with Crippen LogP contribution in [0.25, 0.3) is 0 Å². The van der Waals surface area contributed by atoms with Crippen LogP contribution in [0, 0.1) is 11.6 Å². The van der Waals surface area contributed by atoms with Gasteiger partial charge in [0.15, 0.2) is 34.6 Å². The lowest BCUT2D eigenvalue weighted by Gasteiger charge is -2.17. The highest BCUT2D eigenvalue weighted by Crippen LogP contribution is 2.43. The van der Waals surface area contributed by atoms with Gasteiger partial charge in [0, 0.05) is 24.5 Å². The second-order valence-electron chi connectivity index (χ2n) is 13.9. The number of amides is 3. The summed E-state index contributed by atoms with van der Waals surface area (Å²) in [6.07, 6.45) is -19.1. The van der Waals surface area contributed by atoms with Crippen molar-refractivity contribution in [3.05, 3.63) is 142 Å². The number of nitrogens with two attached hydrogens (primary N) is 1. The second-order valence-corrected chi connectivity index (χ2v) is 13.9. The van der Waals surface area contributed by atoms with Crippen LogP contribution < -0.4 is 44.8 Å². The highest BCUT2D eigenvalue weighted by atomic mass is 19.4. The zero-order valence-electron chi connectivity index (χ0n) is 42.5. The van der Waals surface area contributed by atoms with E-state index in [2.05, 4.69) is 33.7 Å². The molecule has 0 saturated carbocycles. The van der Waals surface area contributed by atoms with Crippen LogP contribution in [0.3, 0.4) is 0 Å². The molecule has 16 nitrogen and oxygen atoms in total. The van der Waals surface area contributed by atoms with Gasteiger partial charge in [-0.05, 0) is 72.8 Å². The number of anilines is 2. The van der Waals surface area contributed by atoms with E-state index in [0.717, 1.165) is 43.8 Å². The molecule has 6 rings (SSSR count). The van der Waals surface area contributed by atoms with Crippen LogP contribution in [0.5, 0.6) is 46.0 Å². The monoisotopic (exact) mass is 1090 g/mol. The molecular weight excluding hydrogens is 1050 g/mol. The standard InChI is InChI=1S/C23H15F7N2O6.C22H14F7N3O5/c1-35-16-9-12(38-23(28,29)30)4-6-14(16)37-15-7-5-13(22(25,26)27)19(24)18(15)20(33)32-17-8-3-11(10-31-17)21(34)36-2;1-35-15-8-11(37-22(27,28)29)3-5-13(15)36-14-6-4-12(21(24,25)26)18(23)17(14)20(34)32-16-7-2-10(9-31-16)19(30)33/h3-10H,1-2H3,(H,31,32,33);2-9H,1H3,(H2,30,33)(H,31,32,34)/i2*1D3. The quantitative estimate of drug-likeness (QED) is 0.0686. The van der Waals surface area contributed by atoms with Crippen molar-refractivity contribution >= 4 is 35.3 Å². The van der Waals surface area contributed by atoms with E-state index in [-0.39, 0.29) is 34.9 Å². The fourth-order valence-electron chi connectivity index (χ4n) is 5.76. The van der Waals surface area contributed by atoms with Gasteiger partial charge < -0.3 is 49.5 Å². The molecule has 2 aromatic heterocycles. The van der Waals surface area contributed by atoms with Crippen molar-refractivity contribution < 1.29 is 122 Å². The van der Waals surface area contributed by atoms with Gasteiger partial charge in [-0.2, -0.15) is 26.3 Å². The number of halogens is 14. The summed E-state index contributed by atoms with van der Waals surface area (Å²) in [6, 6.07) is 9.34. The largest absolute Gasteiger partial charge is 0.573 e. The molecule has 0 saturated heterocycles. The number of primary amides is 1. The Morgan fingerprint density at radius 3 is 1.24 bits per heavy atom. The third-order valence-electron chi connectivity index (χ3n) is 8.95. The van der Waals surface area contributed by atoms with Gasteiger partial charge >= 0.3 is 31.0 Å². The molecule has 0 bridgehead atoms. The van der Waals surface area contributed by atoms with Gasteiger partial charge in [0.1, 0.15) is 45.8 Å². The summed E-state index contributed by atoms with van der Waals surface area (Å²) in [5.74, 6) is -16.7. The highest BCUT2D eigenvalue weighted by molar-refractivity contribution is 6.07. The summed E-state index contributed by atoms with van der Waals surface area (Å²) in [6.45, 7) is 0. The minimum Gasteiger partial charge on any atom is -0.493 e. The molecule has 0 atom stereocenters. The first-order valence-electron chi connectivity index (χ1n) is 22.5. The average Bonchev–Trinajstić information content (AvgIpc) is 3.42. The summed E-state index contributed by atoms with van der Waals surface area (Å²) >= 11 is 0. The first-order valence-corrected chi connectivity index (χ1v) is 19.5. The minimum atomic E-state index is -5.27. The SMILES string of the molecule is [2H]C([2H])([2H])Oc1cc(OC(F)(F)F)ccc1Oc1ccc(C(F)(F)F)c(F)c1C(=O)Nc1ccc(C(=O)OC)cn1.[2H]C([2H])([2H])Oc1cc(OC(F)(F)F)ccc1Oc1ccc(C(F)(F)F)c(F)c1C(=O)Nc1ccc(C(N)=O)cn1. The van der Waals surface area contributed by atoms with Gasteiger partial charge in [0.25, 0.3) is 11.8 Å². The maximum atomic E-state index is 15.1. The molecule has 30 heteroatoms. The van der Waals surface area contributed by atoms with E-state index in [1.54, 1.807) is 0 Å². The molecule has 2 heterocycles. The maximum absolute atomic E-state index is 15.1. The maximum Gasteiger partial charge on any atom is 0.573 e. The van der Waals surface area contributed by atoms with E-state index < -0.39 is 143 Å². The van der Waals surface area contributed by atoms with E-state index in [1.807, 2.05) is 10.6 Å². The molecule has 4 N–H and O–H groups in total. The Kier molecular flexibility index (Phi) is 14.6. The van der Waals surface area contributed by atoms with Crippen molar-refractivity contribution in [2.45, 2.75) is 25.1 Å². The predicted octanol–water partition coefficient (Wildman–Crippen LogP) is 11.3. The van der Waals surface area contributed by atoms with Crippen LogP contribution in [-0.2, 0) is 17.1 Å². The number of ether oxygens (including phenoxy) is 7. The van der Waals surface area contributed by atoms with Gasteiger partial charge in [-0.1, -0.05) is 0 Å². The average molecular weight is 1090 g/mol. The fourth-order valence-corrected chi connectivity index (χ4v) is 5.76. The van der Waals surface area contributed by atoms with E-state index in [0.29, 0.717) is 48.5 Å². The summed E-state index contributed by atoms with van der Waals surface area (Å²) in [7, 11) is -5.44. The lowest BCUT2D eigenvalue weighted by Crippen LogP contribution is -2.19. The minimum absolute atomic E-state index is 0.0560. The molecule has 398 valence electrons. The van der Waals surface area contributed by atoms with Crippen LogP contribution in [-0.4, -0.2) is 67.6 Å². The van der Waals surface area contributed by atoms with Crippen molar-refractivity contribution in [1.29, 1.82) is 0 Å². The Bertz CT molecular complexity index is 3310. The number of carbonyl (C=O) groups excluding carboxylic acids is 4. The number of rotatable bonds is 14. The van der Waals surface area contributed by atoms with E-state index in [1.165, 1.54) is 0 Å². The molecule has 0 aliphatic carbocycles. The molecule has 0 fully saturated rings. The first-order chi connectivity index (χ1) is 37.2. The van der Waals surface area contributed by atoms with Gasteiger partial charge in [-0.3, -0.25) is 14.4 Å². The Hall–Kier alpha value is -9.12. The number of nitrogens with one attached hydrogen (secondary N) is 2. The summed E-state index contributed by atoms with van der Waals surface area (Å²) < 4.78 is 261. The normalized spacial score (nSPS) is 13.1. The predicted molar refractivity (Wildman–Crippen MR) is 227 cm³/mol. The van der Waals surface area contributed by atoms with E-state index in [4.69, 9.17) is 23.4 Å². The Balaban J connectivity index is 0.000000297. The van der Waals surface area contributed by atoms with Crippen LogP contribution in [0.15, 0.2) is 97.3 Å². The molecule has 0 spiro atoms. The number of hydrogen-bond donors (Lipinski definition) is 3. The molecule has 4 aromatic carbocycles. The summed E-state index contributed by atoms with van der Waals surface area (Å²) in [4.78, 5) is 55.9. The smallest absolute Gasteiger partial charge is 0.493 e. The third-order valence-corrected chi connectivity index (χ3v) is 8.95. The topological polar surface area (TPSA) is 209 Å². The number of benzene rings is 4. The number of pyridine rings is 2. The van der Waals surface area contributed by atoms with Crippen molar-refractivity contribution in [3.63, 3.8) is 0 Å². The Morgan fingerprint density at radius 2 is 0.920 bits per heavy atom. The Morgan fingerprint density at radius 1 is 0.533 bits per heavy atom. The number of alkyl halides is 12.